The number of nitrogens with zero attached hydrogens (tertiary/aromatic N) is 2. The summed E-state index contributed by atoms with van der Waals surface area (Å²) in [5.74, 6) is 0.487. The van der Waals surface area contributed by atoms with Crippen LogP contribution in [0.25, 0.3) is 12.2 Å². The smallest absolute Gasteiger partial charge is 0.254 e. The summed E-state index contributed by atoms with van der Waals surface area (Å²) in [4.78, 5) is 31.0. The highest BCUT2D eigenvalue weighted by molar-refractivity contribution is 6.31. The molecule has 0 aromatic heterocycles. The third kappa shape index (κ3) is 8.45. The molecule has 1 amide bonds. The Labute approximate surface area is 252 Å². The lowest BCUT2D eigenvalue weighted by Crippen LogP contribution is -2.41. The number of hydrogen-bond acceptors (Lipinski definition) is 4. The van der Waals surface area contributed by atoms with Crippen molar-refractivity contribution in [1.29, 1.82) is 0 Å². The summed E-state index contributed by atoms with van der Waals surface area (Å²) in [5, 5.41) is 1.24. The number of piperidine rings is 1. The summed E-state index contributed by atoms with van der Waals surface area (Å²) in [7, 11) is 0. The quantitative estimate of drug-likeness (QED) is 0.242. The Hall–Kier alpha value is -3.09. The number of Topliss-reactive ketones (excluding diaryl/α,β-unsaturated/α-hetero) is 1. The number of likely N-dealkylation sites (tertiary alicyclic amines) is 1. The maximum Gasteiger partial charge on any atom is 0.254 e. The number of carbonyl (C=O) groups excluding carboxylic acids is 2. The third-order valence-corrected chi connectivity index (χ3v) is 7.19. The van der Waals surface area contributed by atoms with E-state index in [-0.39, 0.29) is 37.2 Å². The van der Waals surface area contributed by atoms with Crippen molar-refractivity contribution in [1.82, 2.24) is 9.80 Å². The molecule has 5 nitrogen and oxygen atoms in total. The van der Waals surface area contributed by atoms with Crippen LogP contribution < -0.4 is 4.74 Å². The Balaban J connectivity index is 0.00000441. The summed E-state index contributed by atoms with van der Waals surface area (Å²) in [5.41, 5.74) is 3.29. The van der Waals surface area contributed by atoms with Gasteiger partial charge in [-0.2, -0.15) is 0 Å². The fraction of sp³-hybridized carbons (Fsp3) is 0.250. The number of rotatable bonds is 9. The first-order valence-corrected chi connectivity index (χ1v) is 13.8. The summed E-state index contributed by atoms with van der Waals surface area (Å²) >= 11 is 12.1. The maximum atomic E-state index is 13.6. The van der Waals surface area contributed by atoms with Gasteiger partial charge in [-0.15, -0.1) is 12.4 Å². The van der Waals surface area contributed by atoms with Crippen molar-refractivity contribution in [2.75, 3.05) is 39.3 Å². The van der Waals surface area contributed by atoms with Crippen LogP contribution in [0.3, 0.4) is 0 Å². The van der Waals surface area contributed by atoms with Crippen molar-refractivity contribution >= 4 is 59.5 Å². The first-order valence-electron chi connectivity index (χ1n) is 13.1. The third-order valence-electron chi connectivity index (χ3n) is 6.69. The Morgan fingerprint density at radius 3 is 1.75 bits per heavy atom. The molecule has 0 aliphatic carbocycles. The number of amides is 1. The minimum Gasteiger partial charge on any atom is -0.492 e. The molecule has 3 aromatic carbocycles. The lowest BCUT2D eigenvalue weighted by atomic mass is 9.93. The molecule has 1 heterocycles. The molecule has 0 spiro atoms. The van der Waals surface area contributed by atoms with E-state index in [9.17, 15) is 9.59 Å². The molecule has 0 atom stereocenters. The van der Waals surface area contributed by atoms with Gasteiger partial charge in [-0.25, -0.2) is 0 Å². The molecule has 4 rings (SSSR count). The van der Waals surface area contributed by atoms with Gasteiger partial charge in [-0.3, -0.25) is 9.59 Å². The zero-order chi connectivity index (χ0) is 27.8. The van der Waals surface area contributed by atoms with Gasteiger partial charge < -0.3 is 14.5 Å². The second kappa shape index (κ2) is 15.1. The molecule has 0 unspecified atom stereocenters. The monoisotopic (exact) mass is 598 g/mol. The molecule has 1 fully saturated rings. The van der Waals surface area contributed by atoms with E-state index in [0.717, 1.165) is 36.5 Å². The largest absolute Gasteiger partial charge is 0.492 e. The van der Waals surface area contributed by atoms with Gasteiger partial charge in [0.1, 0.15) is 12.4 Å². The van der Waals surface area contributed by atoms with Crippen LogP contribution in [0.2, 0.25) is 10.0 Å². The number of carbonyl (C=O) groups is 2. The first kappa shape index (κ1) is 31.4. The lowest BCUT2D eigenvalue weighted by molar-refractivity contribution is -0.113. The number of hydrogen-bond donors (Lipinski definition) is 0. The fourth-order valence-corrected chi connectivity index (χ4v) is 4.66. The maximum absolute atomic E-state index is 13.6. The van der Waals surface area contributed by atoms with Gasteiger partial charge in [0.05, 0.1) is 13.1 Å². The molecule has 40 heavy (non-hydrogen) atoms. The van der Waals surface area contributed by atoms with Gasteiger partial charge in [-0.1, -0.05) is 61.3 Å². The lowest BCUT2D eigenvalue weighted by Gasteiger charge is -2.30. The zero-order valence-electron chi connectivity index (χ0n) is 22.6. The van der Waals surface area contributed by atoms with Gasteiger partial charge >= 0.3 is 0 Å². The molecule has 3 aromatic rings. The Morgan fingerprint density at radius 1 is 0.825 bits per heavy atom. The Kier molecular flexibility index (Phi) is 11.8. The van der Waals surface area contributed by atoms with Gasteiger partial charge in [-0.05, 0) is 84.9 Å². The van der Waals surface area contributed by atoms with Gasteiger partial charge in [0, 0.05) is 33.3 Å². The topological polar surface area (TPSA) is 49.9 Å². The molecular weight excluding hydrogens is 567 g/mol. The molecule has 1 aliphatic heterocycles. The van der Waals surface area contributed by atoms with E-state index < -0.39 is 0 Å². The standard InChI is InChI=1S/C32H32Cl2N2O3.ClH/c1-3-35(4-2)17-18-39-30-15-9-25(10-16-30)32(38)36-21-26(19-23-5-11-28(33)12-6-23)31(37)27(22-36)20-24-7-13-29(34)14-8-24;/h5-16,19-20H,3-4,17-18,21-22H2,1-2H3;1H. The SMILES string of the molecule is CCN(CC)CCOc1ccc(C(=O)N2CC(=Cc3ccc(Cl)cc3)C(=O)C(=Cc3ccc(Cl)cc3)C2)cc1.Cl. The summed E-state index contributed by atoms with van der Waals surface area (Å²) in [6.45, 7) is 8.07. The molecule has 8 heteroatoms. The first-order chi connectivity index (χ1) is 18.9. The van der Waals surface area contributed by atoms with Crippen LogP contribution in [0.4, 0.5) is 0 Å². The second-order valence-corrected chi connectivity index (χ2v) is 10.2. The van der Waals surface area contributed by atoms with Crippen molar-refractivity contribution in [2.45, 2.75) is 13.8 Å². The number of benzene rings is 3. The highest BCUT2D eigenvalue weighted by atomic mass is 35.5. The Morgan fingerprint density at radius 2 is 1.30 bits per heavy atom. The molecule has 0 bridgehead atoms. The van der Waals surface area contributed by atoms with Crippen molar-refractivity contribution in [3.63, 3.8) is 0 Å². The van der Waals surface area contributed by atoms with E-state index in [2.05, 4.69) is 18.7 Å². The van der Waals surface area contributed by atoms with E-state index in [1.54, 1.807) is 41.3 Å². The van der Waals surface area contributed by atoms with Crippen LogP contribution in [-0.4, -0.2) is 60.8 Å². The van der Waals surface area contributed by atoms with Gasteiger partial charge in [0.2, 0.25) is 0 Å². The molecule has 0 saturated carbocycles. The second-order valence-electron chi connectivity index (χ2n) is 9.33. The number of ketones is 1. The number of ether oxygens (including phenoxy) is 1. The van der Waals surface area contributed by atoms with E-state index >= 15 is 0 Å². The average molecular weight is 600 g/mol. The number of halogens is 3. The van der Waals surface area contributed by atoms with E-state index in [4.69, 9.17) is 27.9 Å². The van der Waals surface area contributed by atoms with Crippen molar-refractivity contribution in [3.05, 3.63) is 111 Å². The predicted octanol–water partition coefficient (Wildman–Crippen LogP) is 7.33. The van der Waals surface area contributed by atoms with Crippen LogP contribution >= 0.6 is 35.6 Å². The van der Waals surface area contributed by atoms with Crippen LogP contribution in [0.5, 0.6) is 5.75 Å². The normalized spacial score (nSPS) is 15.4. The molecule has 1 saturated heterocycles. The molecule has 0 N–H and O–H groups in total. The van der Waals surface area contributed by atoms with E-state index in [1.807, 2.05) is 48.6 Å². The summed E-state index contributed by atoms with van der Waals surface area (Å²) in [6, 6.07) is 21.7. The van der Waals surface area contributed by atoms with Gasteiger partial charge in [0.25, 0.3) is 5.91 Å². The van der Waals surface area contributed by atoms with Gasteiger partial charge in [0.15, 0.2) is 5.78 Å². The zero-order valence-corrected chi connectivity index (χ0v) is 24.9. The van der Waals surface area contributed by atoms with E-state index in [0.29, 0.717) is 33.4 Å². The van der Waals surface area contributed by atoms with Crippen LogP contribution in [0, 0.1) is 0 Å². The van der Waals surface area contributed by atoms with E-state index in [1.165, 1.54) is 0 Å². The van der Waals surface area contributed by atoms with Crippen molar-refractivity contribution in [2.24, 2.45) is 0 Å². The highest BCUT2D eigenvalue weighted by Crippen LogP contribution is 2.25. The van der Waals surface area contributed by atoms with Crippen LogP contribution in [0.1, 0.15) is 35.3 Å². The Bertz CT molecular complexity index is 1280. The minimum atomic E-state index is -0.152. The molecule has 1 aliphatic rings. The average Bonchev–Trinajstić information content (AvgIpc) is 2.95. The fourth-order valence-electron chi connectivity index (χ4n) is 4.41. The molecular formula is C32H33Cl3N2O3. The summed E-state index contributed by atoms with van der Waals surface area (Å²) in [6.07, 6.45) is 3.64. The van der Waals surface area contributed by atoms with Crippen LogP contribution in [-0.2, 0) is 4.79 Å². The highest BCUT2D eigenvalue weighted by Gasteiger charge is 2.29. The molecule has 0 radical (unpaired) electrons. The predicted molar refractivity (Wildman–Crippen MR) is 167 cm³/mol. The minimum absolute atomic E-state index is 0. The van der Waals surface area contributed by atoms with Crippen LogP contribution in [0.15, 0.2) is 83.9 Å². The summed E-state index contributed by atoms with van der Waals surface area (Å²) < 4.78 is 5.87. The van der Waals surface area contributed by atoms with Crippen molar-refractivity contribution < 1.29 is 14.3 Å². The van der Waals surface area contributed by atoms with Crippen molar-refractivity contribution in [3.8, 4) is 5.75 Å². The number of likely N-dealkylation sites (N-methyl/N-ethyl adjacent to an activating group) is 1. The molecule has 210 valence electrons.